The van der Waals surface area contributed by atoms with E-state index in [9.17, 15) is 0 Å². The molecule has 3 nitrogen and oxygen atoms in total. The smallest absolute Gasteiger partial charge is 0.0970 e. The van der Waals surface area contributed by atoms with Crippen molar-refractivity contribution in [3.05, 3.63) is 28.8 Å². The van der Waals surface area contributed by atoms with Crippen molar-refractivity contribution in [2.75, 3.05) is 26.6 Å². The Hall–Kier alpha value is -0.970. The van der Waals surface area contributed by atoms with Crippen LogP contribution in [0.2, 0.25) is 0 Å². The van der Waals surface area contributed by atoms with E-state index in [0.717, 1.165) is 30.8 Å². The quantitative estimate of drug-likeness (QED) is 0.836. The van der Waals surface area contributed by atoms with E-state index in [1.807, 2.05) is 0 Å². The molecule has 4 heteroatoms. The molecule has 0 aliphatic carbocycles. The van der Waals surface area contributed by atoms with Crippen LogP contribution in [0.5, 0.6) is 0 Å². The predicted molar refractivity (Wildman–Crippen MR) is 98.2 cm³/mol. The summed E-state index contributed by atoms with van der Waals surface area (Å²) in [7, 11) is 0. The molecule has 2 aliphatic heterocycles. The van der Waals surface area contributed by atoms with Crippen molar-refractivity contribution in [2.45, 2.75) is 44.6 Å². The molecule has 124 valence electrons. The molecule has 0 bridgehead atoms. The molecule has 1 N–H and O–H groups in total. The predicted octanol–water partition coefficient (Wildman–Crippen LogP) is 4.17. The molecule has 2 aromatic rings. The summed E-state index contributed by atoms with van der Waals surface area (Å²) in [5, 5.41) is 4.83. The lowest BCUT2D eigenvalue weighted by atomic mass is 9.92. The molecule has 2 aliphatic rings. The summed E-state index contributed by atoms with van der Waals surface area (Å²) in [5.41, 5.74) is 2.44. The third-order valence-electron chi connectivity index (χ3n) is 5.34. The van der Waals surface area contributed by atoms with E-state index in [2.05, 4.69) is 30.4 Å². The number of benzene rings is 1. The molecule has 2 saturated heterocycles. The van der Waals surface area contributed by atoms with Crippen molar-refractivity contribution in [3.63, 3.8) is 0 Å². The fourth-order valence-electron chi connectivity index (χ4n) is 3.76. The first-order valence-electron chi connectivity index (χ1n) is 10.3. The maximum absolute atomic E-state index is 7.56. The molecule has 2 atom stereocenters. The highest BCUT2D eigenvalue weighted by Gasteiger charge is 2.23. The Morgan fingerprint density at radius 1 is 1.26 bits per heavy atom. The molecule has 0 spiro atoms. The van der Waals surface area contributed by atoms with Gasteiger partial charge in [0.2, 0.25) is 0 Å². The second-order valence-corrected chi connectivity index (χ2v) is 8.25. The molecule has 0 radical (unpaired) electrons. The van der Waals surface area contributed by atoms with Gasteiger partial charge in [0, 0.05) is 16.1 Å². The summed E-state index contributed by atoms with van der Waals surface area (Å²) >= 11 is 1.78. The van der Waals surface area contributed by atoms with E-state index < -0.39 is 6.98 Å². The van der Waals surface area contributed by atoms with Gasteiger partial charge in [0.1, 0.15) is 0 Å². The average molecular weight is 334 g/mol. The number of hydrogen-bond acceptors (Lipinski definition) is 4. The van der Waals surface area contributed by atoms with Gasteiger partial charge in [-0.05, 0) is 75.9 Å². The van der Waals surface area contributed by atoms with Gasteiger partial charge in [-0.3, -0.25) is 0 Å². The van der Waals surface area contributed by atoms with E-state index in [4.69, 9.17) is 9.10 Å². The van der Waals surface area contributed by atoms with Crippen LogP contribution in [0.1, 0.15) is 59.3 Å². The lowest BCUT2D eigenvalue weighted by Gasteiger charge is -2.28. The van der Waals surface area contributed by atoms with E-state index in [1.54, 1.807) is 16.2 Å². The summed E-state index contributed by atoms with van der Waals surface area (Å²) in [4.78, 5) is 6.54. The topological polar surface area (TPSA) is 28.2 Å². The largest absolute Gasteiger partial charge is 0.310 e. The number of likely N-dealkylation sites (tertiary alicyclic amines) is 1. The maximum atomic E-state index is 7.56. The maximum Gasteiger partial charge on any atom is 0.0970 e. The molecule has 3 heterocycles. The number of piperidine rings is 2. The molecular formula is C19H27N3S. The SMILES string of the molecule is [2H][13C]([2H])([2H])N1CCC(c2nc3cc([C@H]4CC[C@H](C)CN4)ccc3s2)CC1. The Balaban J connectivity index is 1.48. The van der Waals surface area contributed by atoms with Crippen LogP contribution >= 0.6 is 11.3 Å². The number of nitrogens with one attached hydrogen (secondary N) is 1. The Labute approximate surface area is 147 Å². The highest BCUT2D eigenvalue weighted by molar-refractivity contribution is 7.18. The van der Waals surface area contributed by atoms with Gasteiger partial charge in [-0.2, -0.15) is 0 Å². The van der Waals surface area contributed by atoms with Crippen molar-refractivity contribution in [1.82, 2.24) is 15.2 Å². The number of aromatic nitrogens is 1. The average Bonchev–Trinajstić information content (AvgIpc) is 3.05. The summed E-state index contributed by atoms with van der Waals surface area (Å²) < 4.78 is 23.9. The Bertz CT molecular complexity index is 757. The first-order valence-corrected chi connectivity index (χ1v) is 9.60. The van der Waals surface area contributed by atoms with Crippen LogP contribution in [0.25, 0.3) is 10.2 Å². The van der Waals surface area contributed by atoms with Crippen molar-refractivity contribution in [1.29, 1.82) is 0 Å². The van der Waals surface area contributed by atoms with Crippen LogP contribution in [0.4, 0.5) is 0 Å². The van der Waals surface area contributed by atoms with Crippen LogP contribution in [-0.2, 0) is 0 Å². The summed E-state index contributed by atoms with van der Waals surface area (Å²) in [6.07, 6.45) is 4.23. The lowest BCUT2D eigenvalue weighted by molar-refractivity contribution is 0.255. The summed E-state index contributed by atoms with van der Waals surface area (Å²) in [6, 6.07) is 7.15. The van der Waals surface area contributed by atoms with Crippen molar-refractivity contribution in [2.24, 2.45) is 5.92 Å². The zero-order chi connectivity index (χ0) is 18.3. The van der Waals surface area contributed by atoms with Gasteiger partial charge in [-0.15, -0.1) is 11.3 Å². The van der Waals surface area contributed by atoms with Crippen molar-refractivity contribution < 1.29 is 4.11 Å². The Morgan fingerprint density at radius 3 is 2.87 bits per heavy atom. The minimum absolute atomic E-state index is 0.392. The highest BCUT2D eigenvalue weighted by atomic mass is 32.1. The van der Waals surface area contributed by atoms with Gasteiger partial charge in [0.25, 0.3) is 0 Å². The monoisotopic (exact) mass is 333 g/mol. The van der Waals surface area contributed by atoms with E-state index in [1.165, 1.54) is 28.1 Å². The van der Waals surface area contributed by atoms with E-state index >= 15 is 0 Å². The van der Waals surface area contributed by atoms with Crippen LogP contribution in [0.15, 0.2) is 18.2 Å². The molecule has 0 unspecified atom stereocenters. The highest BCUT2D eigenvalue weighted by Crippen LogP contribution is 2.35. The van der Waals surface area contributed by atoms with Gasteiger partial charge in [-0.25, -0.2) is 4.98 Å². The second-order valence-electron chi connectivity index (χ2n) is 7.18. The van der Waals surface area contributed by atoms with Crippen molar-refractivity contribution in [3.8, 4) is 0 Å². The zero-order valence-electron chi connectivity index (χ0n) is 16.7. The van der Waals surface area contributed by atoms with Crippen LogP contribution in [0, 0.1) is 5.92 Å². The Morgan fingerprint density at radius 2 is 2.13 bits per heavy atom. The number of thiazole rings is 1. The third-order valence-corrected chi connectivity index (χ3v) is 6.53. The standard InChI is InChI=1S/C19H27N3S/c1-13-3-5-16(20-12-13)15-4-6-18-17(11-15)21-19(23-18)14-7-9-22(2)10-8-14/h4,6,11,13-14,16,20H,3,5,7-10,12H2,1-2H3/t13-,16+/m0/s1/i2+1D3. The second kappa shape index (κ2) is 6.50. The van der Waals surface area contributed by atoms with Gasteiger partial charge in [-0.1, -0.05) is 13.0 Å². The molecule has 0 amide bonds. The molecule has 4 rings (SSSR count). The minimum atomic E-state index is -1.96. The molecule has 1 aromatic heterocycles. The Kier molecular flexibility index (Phi) is 3.50. The van der Waals surface area contributed by atoms with Gasteiger partial charge in [0.15, 0.2) is 0 Å². The molecule has 23 heavy (non-hydrogen) atoms. The summed E-state index contributed by atoms with van der Waals surface area (Å²) in [6.45, 7) is 2.70. The number of fused-ring (bicyclic) bond motifs is 1. The number of hydrogen-bond donors (Lipinski definition) is 1. The first-order chi connectivity index (χ1) is 12.4. The summed E-state index contributed by atoms with van der Waals surface area (Å²) in [5.74, 6) is 1.16. The van der Waals surface area contributed by atoms with Crippen LogP contribution < -0.4 is 5.32 Å². The zero-order valence-corrected chi connectivity index (χ0v) is 14.5. The first kappa shape index (κ1) is 12.4. The molecule has 1 aromatic carbocycles. The molecule has 2 fully saturated rings. The van der Waals surface area contributed by atoms with Crippen LogP contribution in [0.3, 0.4) is 0 Å². The number of rotatable bonds is 2. The third kappa shape index (κ3) is 3.30. The lowest BCUT2D eigenvalue weighted by Crippen LogP contribution is -2.31. The fourth-order valence-corrected chi connectivity index (χ4v) is 4.88. The molecule has 0 saturated carbocycles. The fraction of sp³-hybridized carbons (Fsp3) is 0.632. The minimum Gasteiger partial charge on any atom is -0.310 e. The molecular weight excluding hydrogens is 303 g/mol. The van der Waals surface area contributed by atoms with Crippen molar-refractivity contribution >= 4 is 21.6 Å². The van der Waals surface area contributed by atoms with Crippen LogP contribution in [-0.4, -0.2) is 36.5 Å². The van der Waals surface area contributed by atoms with Gasteiger partial charge in [0.05, 0.1) is 15.2 Å². The van der Waals surface area contributed by atoms with Gasteiger partial charge < -0.3 is 10.2 Å². The van der Waals surface area contributed by atoms with E-state index in [0.29, 0.717) is 25.0 Å². The van der Waals surface area contributed by atoms with E-state index in [-0.39, 0.29) is 0 Å². The number of nitrogens with zero attached hydrogens (tertiary/aromatic N) is 2. The normalized spacial score (nSPS) is 30.0. The van der Waals surface area contributed by atoms with Gasteiger partial charge >= 0.3 is 0 Å².